The molecule has 0 amide bonds. The van der Waals surface area contributed by atoms with Crippen LogP contribution in [0.15, 0.2) is 125 Å². The number of fused-ring (bicyclic) bond motifs is 6. The molecule has 3 aliphatic rings. The highest BCUT2D eigenvalue weighted by molar-refractivity contribution is 6.15. The maximum absolute atomic E-state index is 6.23. The van der Waals surface area contributed by atoms with Gasteiger partial charge in [0, 0.05) is 17.1 Å². The Kier molecular flexibility index (Phi) is 4.80. The minimum Gasteiger partial charge on any atom is -0.456 e. The third-order valence-corrected chi connectivity index (χ3v) is 8.56. The van der Waals surface area contributed by atoms with Crippen molar-refractivity contribution in [2.75, 3.05) is 0 Å². The molecule has 5 nitrogen and oxygen atoms in total. The predicted octanol–water partition coefficient (Wildman–Crippen LogP) is 7.84. The molecule has 5 aromatic carbocycles. The summed E-state index contributed by atoms with van der Waals surface area (Å²) in [7, 11) is 0. The van der Waals surface area contributed by atoms with Gasteiger partial charge in [-0.05, 0) is 68.4 Å². The fourth-order valence-electron chi connectivity index (χ4n) is 6.74. The molecule has 1 aromatic heterocycles. The van der Waals surface area contributed by atoms with Gasteiger partial charge in [-0.25, -0.2) is 4.99 Å². The minimum absolute atomic E-state index is 0.120. The van der Waals surface area contributed by atoms with Gasteiger partial charge in [0.2, 0.25) is 0 Å². The highest BCUT2D eigenvalue weighted by Gasteiger charge is 2.34. The molecule has 0 spiro atoms. The molecule has 1 aliphatic carbocycles. The Labute approximate surface area is 237 Å². The average molecular weight is 531 g/mol. The van der Waals surface area contributed by atoms with E-state index < -0.39 is 0 Å². The van der Waals surface area contributed by atoms with Crippen molar-refractivity contribution in [3.63, 3.8) is 0 Å². The molecule has 6 aromatic rings. The largest absolute Gasteiger partial charge is 0.456 e. The zero-order chi connectivity index (χ0) is 26.9. The van der Waals surface area contributed by atoms with Gasteiger partial charge in [-0.1, -0.05) is 91.0 Å². The van der Waals surface area contributed by atoms with Crippen molar-refractivity contribution >= 4 is 33.7 Å². The first-order valence-corrected chi connectivity index (χ1v) is 14.1. The molecular weight excluding hydrogens is 504 g/mol. The number of hydrogen-bond acceptors (Lipinski definition) is 5. The summed E-state index contributed by atoms with van der Waals surface area (Å²) in [4.78, 5) is 5.35. The lowest BCUT2D eigenvalue weighted by atomic mass is 9.96. The number of hydrogen-bond donors (Lipinski definition) is 3. The van der Waals surface area contributed by atoms with E-state index in [1.807, 2.05) is 24.4 Å². The fourth-order valence-corrected chi connectivity index (χ4v) is 6.74. The van der Waals surface area contributed by atoms with E-state index in [2.05, 4.69) is 113 Å². The molecule has 0 saturated carbocycles. The van der Waals surface area contributed by atoms with Crippen LogP contribution in [0.4, 0.5) is 0 Å². The van der Waals surface area contributed by atoms with Crippen molar-refractivity contribution in [3.05, 3.63) is 138 Å². The SMILES string of the molecule is C1=Cc2oc3ccccc3c2C(C2=NC(c3cc4c5c(cccc5c3)-c3ccccc3-4)NC(c3ccccc3)N2)N1. The normalized spacial score (nSPS) is 20.3. The van der Waals surface area contributed by atoms with Gasteiger partial charge in [0.1, 0.15) is 35.6 Å². The summed E-state index contributed by atoms with van der Waals surface area (Å²) in [6.45, 7) is 0. The van der Waals surface area contributed by atoms with Crippen LogP contribution in [-0.4, -0.2) is 5.84 Å². The highest BCUT2D eigenvalue weighted by atomic mass is 16.3. The van der Waals surface area contributed by atoms with Crippen LogP contribution in [0.1, 0.15) is 40.8 Å². The molecule has 3 N–H and O–H groups in total. The van der Waals surface area contributed by atoms with Gasteiger partial charge in [0.25, 0.3) is 0 Å². The van der Waals surface area contributed by atoms with Gasteiger partial charge in [-0.2, -0.15) is 0 Å². The lowest BCUT2D eigenvalue weighted by Gasteiger charge is -2.35. The lowest BCUT2D eigenvalue weighted by Crippen LogP contribution is -2.49. The summed E-state index contributed by atoms with van der Waals surface area (Å²) in [5, 5.41) is 14.8. The third-order valence-electron chi connectivity index (χ3n) is 8.56. The average Bonchev–Trinajstić information content (AvgIpc) is 3.58. The first kappa shape index (κ1) is 22.7. The Morgan fingerprint density at radius 3 is 2.37 bits per heavy atom. The molecule has 0 bridgehead atoms. The second kappa shape index (κ2) is 8.68. The minimum atomic E-state index is -0.247. The summed E-state index contributed by atoms with van der Waals surface area (Å²) in [6.07, 6.45) is 3.59. The van der Waals surface area contributed by atoms with E-state index >= 15 is 0 Å². The van der Waals surface area contributed by atoms with Crippen LogP contribution in [0, 0.1) is 0 Å². The van der Waals surface area contributed by atoms with Crippen LogP contribution in [0.2, 0.25) is 0 Å². The van der Waals surface area contributed by atoms with Gasteiger partial charge < -0.3 is 15.1 Å². The van der Waals surface area contributed by atoms with Crippen LogP contribution in [0.5, 0.6) is 0 Å². The maximum Gasteiger partial charge on any atom is 0.135 e. The molecule has 3 unspecified atom stereocenters. The van der Waals surface area contributed by atoms with Gasteiger partial charge >= 0.3 is 0 Å². The van der Waals surface area contributed by atoms with E-state index in [0.717, 1.165) is 39.3 Å². The quantitative estimate of drug-likeness (QED) is 0.218. The van der Waals surface area contributed by atoms with Crippen molar-refractivity contribution in [2.45, 2.75) is 18.4 Å². The fraction of sp³-hybridized carbons (Fsp3) is 0.0833. The van der Waals surface area contributed by atoms with E-state index in [1.165, 1.54) is 33.0 Å². The first-order valence-electron chi connectivity index (χ1n) is 14.1. The molecule has 0 radical (unpaired) electrons. The summed E-state index contributed by atoms with van der Waals surface area (Å²) in [6, 6.07) is 38.5. The number of nitrogens with zero attached hydrogens (tertiary/aromatic N) is 1. The Bertz CT molecular complexity index is 2060. The Hall–Kier alpha value is -5.13. The predicted molar refractivity (Wildman–Crippen MR) is 165 cm³/mol. The Morgan fingerprint density at radius 1 is 0.683 bits per heavy atom. The van der Waals surface area contributed by atoms with Crippen LogP contribution in [-0.2, 0) is 0 Å². The molecule has 0 fully saturated rings. The third kappa shape index (κ3) is 3.43. The number of para-hydroxylation sites is 1. The van der Waals surface area contributed by atoms with E-state index in [4.69, 9.17) is 9.41 Å². The van der Waals surface area contributed by atoms with Gasteiger partial charge in [0.15, 0.2) is 0 Å². The van der Waals surface area contributed by atoms with E-state index in [0.29, 0.717) is 0 Å². The standard InChI is InChI=1S/C36H26N4O/c1-2-9-21(10-3-1)34-38-35(23-19-22-11-8-15-26-24-12-4-5-13-25(24)28(20-23)31(22)26)40-36(39-34)33-32-27-14-6-7-16-29(27)41-30(32)17-18-37-33/h1-20,33-35,37-38H,(H,39,40). The summed E-state index contributed by atoms with van der Waals surface area (Å²) in [5.74, 6) is 1.75. The van der Waals surface area contributed by atoms with Crippen molar-refractivity contribution < 1.29 is 4.42 Å². The molecule has 3 heterocycles. The molecule has 2 aliphatic heterocycles. The summed E-state index contributed by atoms with van der Waals surface area (Å²) < 4.78 is 6.23. The number of aliphatic imine (C=N–C) groups is 1. The monoisotopic (exact) mass is 530 g/mol. The lowest BCUT2D eigenvalue weighted by molar-refractivity contribution is 0.399. The second-order valence-electron chi connectivity index (χ2n) is 10.9. The molecular formula is C36H26N4O. The van der Waals surface area contributed by atoms with Crippen LogP contribution >= 0.6 is 0 Å². The van der Waals surface area contributed by atoms with Crippen molar-refractivity contribution in [1.29, 1.82) is 0 Å². The zero-order valence-corrected chi connectivity index (χ0v) is 22.1. The smallest absolute Gasteiger partial charge is 0.135 e. The molecule has 41 heavy (non-hydrogen) atoms. The number of amidine groups is 1. The van der Waals surface area contributed by atoms with Gasteiger partial charge in [-0.15, -0.1) is 0 Å². The van der Waals surface area contributed by atoms with Gasteiger partial charge in [0.05, 0.1) is 0 Å². The second-order valence-corrected chi connectivity index (χ2v) is 10.9. The zero-order valence-electron chi connectivity index (χ0n) is 22.1. The van der Waals surface area contributed by atoms with Crippen molar-refractivity contribution in [3.8, 4) is 22.3 Å². The van der Waals surface area contributed by atoms with Crippen molar-refractivity contribution in [1.82, 2.24) is 16.0 Å². The van der Waals surface area contributed by atoms with Gasteiger partial charge in [-0.3, -0.25) is 5.32 Å². The number of benzene rings is 5. The maximum atomic E-state index is 6.23. The molecule has 3 atom stereocenters. The molecule has 196 valence electrons. The molecule has 5 heteroatoms. The van der Waals surface area contributed by atoms with Crippen molar-refractivity contribution in [2.24, 2.45) is 4.99 Å². The highest BCUT2D eigenvalue weighted by Crippen LogP contribution is 2.48. The van der Waals surface area contributed by atoms with E-state index in [-0.39, 0.29) is 18.4 Å². The first-order chi connectivity index (χ1) is 20.3. The topological polar surface area (TPSA) is 61.6 Å². The number of furan rings is 1. The summed E-state index contributed by atoms with van der Waals surface area (Å²) in [5.41, 5.74) is 9.46. The Morgan fingerprint density at radius 2 is 1.46 bits per heavy atom. The number of rotatable bonds is 3. The van der Waals surface area contributed by atoms with Crippen LogP contribution < -0.4 is 16.0 Å². The number of nitrogens with one attached hydrogen (secondary N) is 3. The van der Waals surface area contributed by atoms with Crippen LogP contribution in [0.3, 0.4) is 0 Å². The van der Waals surface area contributed by atoms with Crippen LogP contribution in [0.25, 0.3) is 50.1 Å². The van der Waals surface area contributed by atoms with E-state index in [9.17, 15) is 0 Å². The molecule has 9 rings (SSSR count). The Balaban J connectivity index is 1.21. The van der Waals surface area contributed by atoms with E-state index in [1.54, 1.807) is 0 Å². The summed E-state index contributed by atoms with van der Waals surface area (Å²) >= 11 is 0. The molecule has 0 saturated heterocycles.